The van der Waals surface area contributed by atoms with Gasteiger partial charge in [0.05, 0.1) is 0 Å². The summed E-state index contributed by atoms with van der Waals surface area (Å²) in [7, 11) is 1.93. The Balaban J connectivity index is 0.00000288. The second-order valence-electron chi connectivity index (χ2n) is 7.83. The maximum absolute atomic E-state index is 4.50. The summed E-state index contributed by atoms with van der Waals surface area (Å²) in [6.07, 6.45) is 9.46. The zero-order valence-electron chi connectivity index (χ0n) is 16.1. The van der Waals surface area contributed by atoms with Gasteiger partial charge in [-0.2, -0.15) is 0 Å². The molecule has 2 saturated heterocycles. The molecule has 0 radical (unpaired) electrons. The largest absolute Gasteiger partial charge is 0.356 e. The van der Waals surface area contributed by atoms with Gasteiger partial charge in [0.25, 0.3) is 0 Å². The highest BCUT2D eigenvalue weighted by molar-refractivity contribution is 14.0. The van der Waals surface area contributed by atoms with Gasteiger partial charge in [0.1, 0.15) is 0 Å². The third-order valence-electron chi connectivity index (χ3n) is 5.25. The van der Waals surface area contributed by atoms with E-state index in [4.69, 9.17) is 0 Å². The number of unbranched alkanes of at least 4 members (excludes halogenated alkanes) is 1. The fourth-order valence-corrected chi connectivity index (χ4v) is 3.89. The maximum atomic E-state index is 4.50. The van der Waals surface area contributed by atoms with Crippen molar-refractivity contribution in [1.82, 2.24) is 15.1 Å². The van der Waals surface area contributed by atoms with E-state index in [1.165, 1.54) is 77.7 Å². The van der Waals surface area contributed by atoms with Crippen LogP contribution in [0.25, 0.3) is 0 Å². The third-order valence-corrected chi connectivity index (χ3v) is 5.25. The second kappa shape index (κ2) is 12.3. The molecule has 2 aliphatic heterocycles. The molecule has 0 aliphatic carbocycles. The van der Waals surface area contributed by atoms with Gasteiger partial charge in [0, 0.05) is 33.2 Å². The van der Waals surface area contributed by atoms with E-state index in [2.05, 4.69) is 34.0 Å². The molecule has 0 aromatic carbocycles. The fraction of sp³-hybridized carbons (Fsp3) is 0.947. The molecule has 1 N–H and O–H groups in total. The van der Waals surface area contributed by atoms with Crippen molar-refractivity contribution in [3.05, 3.63) is 0 Å². The van der Waals surface area contributed by atoms with Crippen LogP contribution in [0.5, 0.6) is 0 Å². The maximum Gasteiger partial charge on any atom is 0.193 e. The van der Waals surface area contributed by atoms with Gasteiger partial charge in [0.2, 0.25) is 0 Å². The van der Waals surface area contributed by atoms with E-state index in [9.17, 15) is 0 Å². The number of rotatable bonds is 7. The molecule has 0 spiro atoms. The van der Waals surface area contributed by atoms with E-state index >= 15 is 0 Å². The Morgan fingerprint density at radius 1 is 1.12 bits per heavy atom. The minimum atomic E-state index is 0. The summed E-state index contributed by atoms with van der Waals surface area (Å²) >= 11 is 0. The average Bonchev–Trinajstić information content (AvgIpc) is 3.00. The Morgan fingerprint density at radius 2 is 1.88 bits per heavy atom. The first-order valence-electron chi connectivity index (χ1n) is 9.87. The first-order valence-corrected chi connectivity index (χ1v) is 9.87. The summed E-state index contributed by atoms with van der Waals surface area (Å²) in [5, 5.41) is 3.57. The van der Waals surface area contributed by atoms with Gasteiger partial charge in [-0.15, -0.1) is 24.0 Å². The van der Waals surface area contributed by atoms with Crippen molar-refractivity contribution in [2.24, 2.45) is 16.8 Å². The van der Waals surface area contributed by atoms with Crippen LogP contribution in [-0.4, -0.2) is 62.1 Å². The van der Waals surface area contributed by atoms with Crippen molar-refractivity contribution >= 4 is 29.9 Å². The van der Waals surface area contributed by atoms with Crippen LogP contribution in [0.4, 0.5) is 0 Å². The molecule has 0 aromatic heterocycles. The number of hydrogen-bond acceptors (Lipinski definition) is 2. The van der Waals surface area contributed by atoms with Crippen molar-refractivity contribution in [2.75, 3.05) is 46.3 Å². The highest BCUT2D eigenvalue weighted by atomic mass is 127. The van der Waals surface area contributed by atoms with Crippen LogP contribution in [0.3, 0.4) is 0 Å². The Labute approximate surface area is 166 Å². The molecule has 4 nitrogen and oxygen atoms in total. The van der Waals surface area contributed by atoms with Crippen molar-refractivity contribution in [2.45, 2.75) is 58.8 Å². The summed E-state index contributed by atoms with van der Waals surface area (Å²) in [5.74, 6) is 2.77. The Bertz CT molecular complexity index is 353. The van der Waals surface area contributed by atoms with Crippen LogP contribution in [0.15, 0.2) is 4.99 Å². The summed E-state index contributed by atoms with van der Waals surface area (Å²) < 4.78 is 0. The van der Waals surface area contributed by atoms with Gasteiger partial charge in [0.15, 0.2) is 5.96 Å². The van der Waals surface area contributed by atoms with E-state index in [-0.39, 0.29) is 24.0 Å². The van der Waals surface area contributed by atoms with Crippen LogP contribution >= 0.6 is 24.0 Å². The molecule has 5 heteroatoms. The van der Waals surface area contributed by atoms with Crippen LogP contribution < -0.4 is 5.32 Å². The molecule has 0 amide bonds. The number of halogens is 1. The van der Waals surface area contributed by atoms with E-state index in [0.717, 1.165) is 24.3 Å². The van der Waals surface area contributed by atoms with Gasteiger partial charge in [-0.25, -0.2) is 0 Å². The summed E-state index contributed by atoms with van der Waals surface area (Å²) in [6.45, 7) is 12.0. The van der Waals surface area contributed by atoms with Crippen LogP contribution in [0, 0.1) is 11.8 Å². The van der Waals surface area contributed by atoms with E-state index in [0.29, 0.717) is 0 Å². The SMILES string of the molecule is CN=C(NCCCCC(C)C)N1CCC(CN2CCCCC2)C1.I. The Hall–Kier alpha value is -0.0400. The van der Waals surface area contributed by atoms with Crippen molar-refractivity contribution in [3.63, 3.8) is 0 Å². The number of nitrogens with one attached hydrogen (secondary N) is 1. The summed E-state index contributed by atoms with van der Waals surface area (Å²) in [5.41, 5.74) is 0. The normalized spacial score (nSPS) is 22.8. The smallest absolute Gasteiger partial charge is 0.193 e. The molecule has 142 valence electrons. The van der Waals surface area contributed by atoms with Gasteiger partial charge >= 0.3 is 0 Å². The number of aliphatic imine (C=N–C) groups is 1. The second-order valence-corrected chi connectivity index (χ2v) is 7.83. The molecular weight excluding hydrogens is 411 g/mol. The topological polar surface area (TPSA) is 30.9 Å². The van der Waals surface area contributed by atoms with Crippen LogP contribution in [0.2, 0.25) is 0 Å². The molecule has 0 saturated carbocycles. The molecule has 2 fully saturated rings. The number of nitrogens with zero attached hydrogens (tertiary/aromatic N) is 3. The van der Waals surface area contributed by atoms with Gasteiger partial charge < -0.3 is 15.1 Å². The van der Waals surface area contributed by atoms with Gasteiger partial charge in [-0.05, 0) is 50.6 Å². The minimum Gasteiger partial charge on any atom is -0.356 e. The van der Waals surface area contributed by atoms with E-state index in [1.807, 2.05) is 7.05 Å². The fourth-order valence-electron chi connectivity index (χ4n) is 3.89. The zero-order valence-corrected chi connectivity index (χ0v) is 18.4. The zero-order chi connectivity index (χ0) is 16.5. The lowest BCUT2D eigenvalue weighted by Crippen LogP contribution is -2.41. The molecule has 2 heterocycles. The Kier molecular flexibility index (Phi) is 11.3. The number of guanidine groups is 1. The predicted molar refractivity (Wildman–Crippen MR) is 115 cm³/mol. The van der Waals surface area contributed by atoms with Crippen molar-refractivity contribution < 1.29 is 0 Å². The lowest BCUT2D eigenvalue weighted by Gasteiger charge is -2.29. The van der Waals surface area contributed by atoms with E-state index in [1.54, 1.807) is 0 Å². The quantitative estimate of drug-likeness (QED) is 0.277. The highest BCUT2D eigenvalue weighted by Crippen LogP contribution is 2.19. The molecule has 24 heavy (non-hydrogen) atoms. The number of piperidine rings is 1. The molecule has 0 aromatic rings. The molecule has 1 atom stereocenters. The molecule has 0 bridgehead atoms. The summed E-state index contributed by atoms with van der Waals surface area (Å²) in [6, 6.07) is 0. The van der Waals surface area contributed by atoms with Gasteiger partial charge in [-0.3, -0.25) is 4.99 Å². The molecule has 1 unspecified atom stereocenters. The van der Waals surface area contributed by atoms with Crippen LogP contribution in [-0.2, 0) is 0 Å². The molecular formula is C19H39IN4. The van der Waals surface area contributed by atoms with Crippen molar-refractivity contribution in [1.29, 1.82) is 0 Å². The molecule has 2 rings (SSSR count). The summed E-state index contributed by atoms with van der Waals surface area (Å²) in [4.78, 5) is 9.65. The van der Waals surface area contributed by atoms with E-state index < -0.39 is 0 Å². The highest BCUT2D eigenvalue weighted by Gasteiger charge is 2.26. The monoisotopic (exact) mass is 450 g/mol. The molecule has 2 aliphatic rings. The van der Waals surface area contributed by atoms with Crippen LogP contribution in [0.1, 0.15) is 58.8 Å². The third kappa shape index (κ3) is 7.89. The van der Waals surface area contributed by atoms with Gasteiger partial charge in [-0.1, -0.05) is 33.1 Å². The number of hydrogen-bond donors (Lipinski definition) is 1. The number of likely N-dealkylation sites (tertiary alicyclic amines) is 2. The first kappa shape index (κ1) is 22.0. The predicted octanol–water partition coefficient (Wildman–Crippen LogP) is 3.81. The lowest BCUT2D eigenvalue weighted by atomic mass is 10.1. The standard InChI is InChI=1S/C19H38N4.HI/c1-17(2)9-5-6-11-21-19(20-3)23-14-10-18(16-23)15-22-12-7-4-8-13-22;/h17-18H,4-16H2,1-3H3,(H,20,21);1H. The first-order chi connectivity index (χ1) is 11.2. The Morgan fingerprint density at radius 3 is 2.54 bits per heavy atom. The minimum absolute atomic E-state index is 0. The van der Waals surface area contributed by atoms with Crippen molar-refractivity contribution in [3.8, 4) is 0 Å². The lowest BCUT2D eigenvalue weighted by molar-refractivity contribution is 0.198. The average molecular weight is 450 g/mol.